The molecule has 37 heavy (non-hydrogen) atoms. The molecule has 1 fully saturated rings. The largest absolute Gasteiger partial charge is 0.494 e. The third kappa shape index (κ3) is 6.71. The maximum absolute atomic E-state index is 14.3. The molecule has 0 saturated carbocycles. The summed E-state index contributed by atoms with van der Waals surface area (Å²) in [6, 6.07) is 25.4. The minimum absolute atomic E-state index is 0.0967. The normalized spacial score (nSPS) is 16.8. The van der Waals surface area contributed by atoms with Crippen molar-refractivity contribution in [2.75, 3.05) is 44.2 Å². The highest BCUT2D eigenvalue weighted by Gasteiger charge is 2.40. The Morgan fingerprint density at radius 2 is 1.54 bits per heavy atom. The van der Waals surface area contributed by atoms with Gasteiger partial charge in [0.25, 0.3) is 0 Å². The number of ether oxygens (including phenoxy) is 1. The number of para-hydroxylation sites is 1. The van der Waals surface area contributed by atoms with Crippen molar-refractivity contribution in [2.45, 2.75) is 51.0 Å². The first-order chi connectivity index (χ1) is 18.0. The summed E-state index contributed by atoms with van der Waals surface area (Å²) in [5.74, 6) is 0.578. The molecule has 3 aromatic carbocycles. The third-order valence-electron chi connectivity index (χ3n) is 7.54. The van der Waals surface area contributed by atoms with Crippen LogP contribution in [0.2, 0.25) is 0 Å². The molecule has 0 spiro atoms. The van der Waals surface area contributed by atoms with E-state index in [1.165, 1.54) is 6.07 Å². The molecule has 0 bridgehead atoms. The molecule has 0 aromatic heterocycles. The summed E-state index contributed by atoms with van der Waals surface area (Å²) in [6.45, 7) is 8.90. The second kappa shape index (κ2) is 13.1. The molecule has 0 aliphatic carbocycles. The molecular weight excluding hydrogens is 463 g/mol. The van der Waals surface area contributed by atoms with Crippen LogP contribution in [0.3, 0.4) is 0 Å². The summed E-state index contributed by atoms with van der Waals surface area (Å²) in [5.41, 5.74) is 1.72. The van der Waals surface area contributed by atoms with Crippen LogP contribution in [0.5, 0.6) is 5.75 Å². The maximum atomic E-state index is 14.3. The zero-order valence-electron chi connectivity index (χ0n) is 22.3. The van der Waals surface area contributed by atoms with Crippen molar-refractivity contribution in [1.82, 2.24) is 4.90 Å². The number of hydrogen-bond acceptors (Lipinski definition) is 4. The van der Waals surface area contributed by atoms with Gasteiger partial charge < -0.3 is 14.7 Å². The van der Waals surface area contributed by atoms with E-state index >= 15 is 0 Å². The number of rotatable bonds is 12. The minimum atomic E-state index is -1.01. The van der Waals surface area contributed by atoms with E-state index in [-0.39, 0.29) is 11.7 Å². The summed E-state index contributed by atoms with van der Waals surface area (Å²) < 4.78 is 20.2. The lowest BCUT2D eigenvalue weighted by atomic mass is 9.74. The summed E-state index contributed by atoms with van der Waals surface area (Å²) in [7, 11) is 0. The SMILES string of the molecule is CCCCOc1ccc([C@@](O)(CCC)[C@@H](CN2CCN(c3ccccc3F)CC2)c2ccccc2)cc1. The van der Waals surface area contributed by atoms with Crippen molar-refractivity contribution in [3.63, 3.8) is 0 Å². The van der Waals surface area contributed by atoms with Crippen LogP contribution in [0, 0.1) is 5.82 Å². The number of aliphatic hydroxyl groups is 1. The van der Waals surface area contributed by atoms with E-state index in [0.29, 0.717) is 18.7 Å². The molecule has 0 radical (unpaired) electrons. The highest BCUT2D eigenvalue weighted by atomic mass is 19.1. The number of nitrogens with zero attached hydrogens (tertiary/aromatic N) is 2. The van der Waals surface area contributed by atoms with E-state index in [2.05, 4.69) is 47.9 Å². The van der Waals surface area contributed by atoms with Gasteiger partial charge in [-0.3, -0.25) is 4.90 Å². The topological polar surface area (TPSA) is 35.9 Å². The summed E-state index contributed by atoms with van der Waals surface area (Å²) >= 11 is 0. The molecular formula is C32H41FN2O2. The zero-order chi connectivity index (χ0) is 26.1. The van der Waals surface area contributed by atoms with Gasteiger partial charge in [-0.1, -0.05) is 81.3 Å². The number of anilines is 1. The van der Waals surface area contributed by atoms with Gasteiger partial charge in [-0.25, -0.2) is 4.39 Å². The van der Waals surface area contributed by atoms with Gasteiger partial charge in [0.1, 0.15) is 11.6 Å². The van der Waals surface area contributed by atoms with E-state index < -0.39 is 5.60 Å². The van der Waals surface area contributed by atoms with Crippen LogP contribution in [-0.2, 0) is 5.60 Å². The van der Waals surface area contributed by atoms with Gasteiger partial charge in [-0.2, -0.15) is 0 Å². The molecule has 1 saturated heterocycles. The summed E-state index contributed by atoms with van der Waals surface area (Å²) in [5, 5.41) is 12.4. The molecule has 1 aliphatic rings. The first-order valence-corrected chi connectivity index (χ1v) is 13.8. The van der Waals surface area contributed by atoms with Crippen LogP contribution < -0.4 is 9.64 Å². The number of unbranched alkanes of at least 4 members (excludes halogenated alkanes) is 1. The summed E-state index contributed by atoms with van der Waals surface area (Å²) in [6.07, 6.45) is 3.66. The molecule has 1 heterocycles. The zero-order valence-corrected chi connectivity index (χ0v) is 22.3. The van der Waals surface area contributed by atoms with Gasteiger partial charge in [0.05, 0.1) is 17.9 Å². The fourth-order valence-corrected chi connectivity index (χ4v) is 5.43. The number of benzene rings is 3. The van der Waals surface area contributed by atoms with Crippen molar-refractivity contribution in [1.29, 1.82) is 0 Å². The monoisotopic (exact) mass is 504 g/mol. The van der Waals surface area contributed by atoms with E-state index in [1.54, 1.807) is 6.07 Å². The van der Waals surface area contributed by atoms with Gasteiger partial charge in [0.2, 0.25) is 0 Å². The predicted octanol–water partition coefficient (Wildman–Crippen LogP) is 6.60. The molecule has 1 aliphatic heterocycles. The smallest absolute Gasteiger partial charge is 0.146 e. The van der Waals surface area contributed by atoms with E-state index in [4.69, 9.17) is 4.74 Å². The molecule has 1 N–H and O–H groups in total. The molecule has 3 aromatic rings. The average Bonchev–Trinajstić information content (AvgIpc) is 2.93. The van der Waals surface area contributed by atoms with E-state index in [9.17, 15) is 9.50 Å². The lowest BCUT2D eigenvalue weighted by Gasteiger charge is -2.43. The van der Waals surface area contributed by atoms with E-state index in [0.717, 1.165) is 68.9 Å². The maximum Gasteiger partial charge on any atom is 0.146 e. The Hall–Kier alpha value is -2.89. The van der Waals surface area contributed by atoms with Gasteiger partial charge >= 0.3 is 0 Å². The van der Waals surface area contributed by atoms with Gasteiger partial charge in [-0.05, 0) is 48.2 Å². The van der Waals surface area contributed by atoms with Gasteiger partial charge in [0, 0.05) is 38.6 Å². The first-order valence-electron chi connectivity index (χ1n) is 13.8. The standard InChI is InChI=1S/C32H41FN2O2/c1-3-5-24-37-28-17-15-27(16-18-28)32(36,19-4-2)29(26-11-7-6-8-12-26)25-34-20-22-35(23-21-34)31-14-10-9-13-30(31)33/h6-18,29,36H,3-5,19-25H2,1-2H3/t29-,32-/m0/s1. The fourth-order valence-electron chi connectivity index (χ4n) is 5.43. The van der Waals surface area contributed by atoms with Crippen molar-refractivity contribution >= 4 is 5.69 Å². The Kier molecular flexibility index (Phi) is 9.59. The quantitative estimate of drug-likeness (QED) is 0.282. The highest BCUT2D eigenvalue weighted by Crippen LogP contribution is 2.42. The van der Waals surface area contributed by atoms with Crippen LogP contribution >= 0.6 is 0 Å². The number of halogens is 1. The van der Waals surface area contributed by atoms with Crippen molar-refractivity contribution in [2.24, 2.45) is 0 Å². The Bertz CT molecular complexity index is 1080. The minimum Gasteiger partial charge on any atom is -0.494 e. The Labute approximate surface area is 221 Å². The Morgan fingerprint density at radius 3 is 2.19 bits per heavy atom. The average molecular weight is 505 g/mol. The van der Waals surface area contributed by atoms with Crippen molar-refractivity contribution in [3.8, 4) is 5.75 Å². The molecule has 0 unspecified atom stereocenters. The number of hydrogen-bond donors (Lipinski definition) is 1. The predicted molar refractivity (Wildman–Crippen MR) is 150 cm³/mol. The first kappa shape index (κ1) is 27.2. The van der Waals surface area contributed by atoms with Crippen LogP contribution in [0.1, 0.15) is 56.6 Å². The Balaban J connectivity index is 1.55. The lowest BCUT2D eigenvalue weighted by Crippen LogP contribution is -2.50. The highest BCUT2D eigenvalue weighted by molar-refractivity contribution is 5.48. The number of piperazine rings is 1. The third-order valence-corrected chi connectivity index (χ3v) is 7.54. The second-order valence-electron chi connectivity index (χ2n) is 10.1. The molecule has 5 heteroatoms. The van der Waals surface area contributed by atoms with Gasteiger partial charge in [-0.15, -0.1) is 0 Å². The van der Waals surface area contributed by atoms with Crippen LogP contribution in [0.15, 0.2) is 78.9 Å². The summed E-state index contributed by atoms with van der Waals surface area (Å²) in [4.78, 5) is 4.54. The van der Waals surface area contributed by atoms with Gasteiger partial charge in [0.15, 0.2) is 0 Å². The molecule has 2 atom stereocenters. The molecule has 0 amide bonds. The molecule has 198 valence electrons. The lowest BCUT2D eigenvalue weighted by molar-refractivity contribution is -0.0141. The Morgan fingerprint density at radius 1 is 0.865 bits per heavy atom. The molecule has 4 nitrogen and oxygen atoms in total. The van der Waals surface area contributed by atoms with Crippen molar-refractivity contribution < 1.29 is 14.2 Å². The van der Waals surface area contributed by atoms with Crippen LogP contribution in [0.4, 0.5) is 10.1 Å². The van der Waals surface area contributed by atoms with Crippen LogP contribution in [0.25, 0.3) is 0 Å². The van der Waals surface area contributed by atoms with E-state index in [1.807, 2.05) is 42.5 Å². The van der Waals surface area contributed by atoms with Crippen molar-refractivity contribution in [3.05, 3.63) is 95.8 Å². The molecule has 4 rings (SSSR count). The van der Waals surface area contributed by atoms with Crippen LogP contribution in [-0.4, -0.2) is 49.3 Å². The second-order valence-corrected chi connectivity index (χ2v) is 10.1. The fraction of sp³-hybridized carbons (Fsp3) is 0.438.